The minimum atomic E-state index is -4.38. The van der Waals surface area contributed by atoms with E-state index in [0.29, 0.717) is 0 Å². The Morgan fingerprint density at radius 2 is 1.79 bits per heavy atom. The number of urea groups is 1. The Kier molecular flexibility index (Phi) is 7.56. The summed E-state index contributed by atoms with van der Waals surface area (Å²) in [6, 6.07) is 0.229. The zero-order valence-corrected chi connectivity index (χ0v) is 18.9. The molecule has 0 aromatic carbocycles. The largest absolute Gasteiger partial charge is 0.481 e. The minimum Gasteiger partial charge on any atom is -0.481 e. The number of rotatable bonds is 7. The van der Waals surface area contributed by atoms with Gasteiger partial charge in [0.15, 0.2) is 4.90 Å². The van der Waals surface area contributed by atoms with Crippen molar-refractivity contribution in [3.05, 3.63) is 11.8 Å². The van der Waals surface area contributed by atoms with Crippen LogP contribution in [-0.2, 0) is 10.0 Å². The highest BCUT2D eigenvalue weighted by atomic mass is 35.6. The number of aromatic nitrogens is 3. The van der Waals surface area contributed by atoms with Crippen molar-refractivity contribution in [3.8, 4) is 16.8 Å². The second kappa shape index (κ2) is 9.34. The van der Waals surface area contributed by atoms with Crippen LogP contribution in [0.15, 0.2) is 11.0 Å². The van der Waals surface area contributed by atoms with Gasteiger partial charge in [-0.3, -0.25) is 5.32 Å². The first-order valence-corrected chi connectivity index (χ1v) is 10.8. The monoisotopic (exact) mass is 505 g/mol. The number of carbonyl (C=O) groups is 1. The van der Waals surface area contributed by atoms with E-state index < -0.39 is 26.5 Å². The molecule has 2 rings (SSSR count). The summed E-state index contributed by atoms with van der Waals surface area (Å²) in [5.41, 5.74) is 0.0916. The molecule has 0 aliphatic heterocycles. The number of nitrogens with zero attached hydrogens (tertiary/aromatic N) is 3. The first kappa shape index (κ1) is 23.5. The zero-order valence-electron chi connectivity index (χ0n) is 15.0. The van der Waals surface area contributed by atoms with E-state index in [1.807, 2.05) is 4.72 Å². The van der Waals surface area contributed by atoms with Gasteiger partial charge in [-0.2, -0.15) is 14.3 Å². The molecule has 0 fully saturated rings. The summed E-state index contributed by atoms with van der Waals surface area (Å²) in [5.74, 6) is -0.0627. The molecule has 2 heterocycles. The molecule has 0 bridgehead atoms. The van der Waals surface area contributed by atoms with Crippen molar-refractivity contribution in [2.75, 3.05) is 26.1 Å². The lowest BCUT2D eigenvalue weighted by Crippen LogP contribution is -2.35. The molecule has 2 amide bonds. The van der Waals surface area contributed by atoms with Gasteiger partial charge < -0.3 is 14.2 Å². The molecule has 0 saturated carbocycles. The maximum Gasteiger partial charge on any atom is 0.335 e. The second-order valence-electron chi connectivity index (χ2n) is 5.12. The quantitative estimate of drug-likeness (QED) is 0.542. The van der Waals surface area contributed by atoms with Crippen molar-refractivity contribution >= 4 is 68.3 Å². The highest BCUT2D eigenvalue weighted by Crippen LogP contribution is 2.34. The molecule has 0 aliphatic rings. The highest BCUT2D eigenvalue weighted by molar-refractivity contribution is 7.90. The van der Waals surface area contributed by atoms with Gasteiger partial charge in [-0.15, -0.1) is 0 Å². The molecule has 11 nitrogen and oxygen atoms in total. The van der Waals surface area contributed by atoms with Crippen LogP contribution in [0.25, 0.3) is 0 Å². The minimum absolute atomic E-state index is 0.0916. The Hall–Kier alpha value is -1.80. The maximum absolute atomic E-state index is 12.6. The Morgan fingerprint density at radius 1 is 1.21 bits per heavy atom. The maximum atomic E-state index is 12.6. The topological polar surface area (TPSA) is 142 Å². The molecule has 2 aromatic heterocycles. The van der Waals surface area contributed by atoms with Crippen molar-refractivity contribution in [2.45, 2.75) is 15.6 Å². The van der Waals surface area contributed by atoms with Gasteiger partial charge in [0.25, 0.3) is 10.0 Å². The van der Waals surface area contributed by atoms with Crippen molar-refractivity contribution in [1.29, 1.82) is 0 Å². The molecule has 0 unspecified atom stereocenters. The third-order valence-corrected chi connectivity index (χ3v) is 5.75. The molecular weight excluding hydrogens is 493 g/mol. The Labute approximate surface area is 184 Å². The van der Waals surface area contributed by atoms with Crippen LogP contribution in [0.2, 0.25) is 0 Å². The summed E-state index contributed by atoms with van der Waals surface area (Å²) in [7, 11) is -1.69. The summed E-state index contributed by atoms with van der Waals surface area (Å²) in [4.78, 5) is 19.5. The Morgan fingerprint density at radius 3 is 2.31 bits per heavy atom. The number of aryl methyl sites for hydroxylation is 1. The van der Waals surface area contributed by atoms with Crippen LogP contribution in [0.4, 0.5) is 10.7 Å². The van der Waals surface area contributed by atoms with Crippen molar-refractivity contribution in [3.63, 3.8) is 0 Å². The average Bonchev–Trinajstić information content (AvgIpc) is 3.00. The summed E-state index contributed by atoms with van der Waals surface area (Å²) >= 11 is 17.5. The number of nitrogens with one attached hydrogen (secondary N) is 2. The zero-order chi connectivity index (χ0) is 21.8. The molecule has 2 aromatic rings. The van der Waals surface area contributed by atoms with Crippen LogP contribution < -0.4 is 24.2 Å². The van der Waals surface area contributed by atoms with Crippen molar-refractivity contribution < 1.29 is 27.4 Å². The van der Waals surface area contributed by atoms with Crippen LogP contribution in [0.3, 0.4) is 0 Å². The third kappa shape index (κ3) is 6.60. The van der Waals surface area contributed by atoms with E-state index in [2.05, 4.69) is 19.7 Å². The second-order valence-corrected chi connectivity index (χ2v) is 10.00. The van der Waals surface area contributed by atoms with Crippen LogP contribution in [0, 0.1) is 6.92 Å². The molecule has 0 radical (unpaired) electrons. The molecule has 0 atom stereocenters. The van der Waals surface area contributed by atoms with Crippen LogP contribution in [-0.4, -0.2) is 53.4 Å². The number of halogens is 3. The number of anilines is 1. The lowest BCUT2D eigenvalue weighted by molar-refractivity contribution is 0.256. The van der Waals surface area contributed by atoms with Gasteiger partial charge in [0, 0.05) is 11.5 Å². The fourth-order valence-electron chi connectivity index (χ4n) is 1.85. The summed E-state index contributed by atoms with van der Waals surface area (Å²) < 4.78 is 44.3. The molecule has 0 saturated heterocycles. The molecule has 2 N–H and O–H groups in total. The predicted molar refractivity (Wildman–Crippen MR) is 107 cm³/mol. The highest BCUT2D eigenvalue weighted by Gasteiger charge is 2.30. The molecule has 16 heteroatoms. The smallest absolute Gasteiger partial charge is 0.335 e. The number of methoxy groups -OCH3 is 2. The Balaban J connectivity index is 2.19. The van der Waals surface area contributed by atoms with E-state index in [-0.39, 0.29) is 33.4 Å². The molecule has 29 heavy (non-hydrogen) atoms. The first-order valence-electron chi connectivity index (χ1n) is 7.42. The number of ether oxygens (including phenoxy) is 3. The third-order valence-electron chi connectivity index (χ3n) is 2.96. The molecule has 0 spiro atoms. The number of amides is 2. The van der Waals surface area contributed by atoms with Gasteiger partial charge in [-0.05, 0) is 6.92 Å². The predicted octanol–water partition coefficient (Wildman–Crippen LogP) is 2.52. The van der Waals surface area contributed by atoms with Crippen LogP contribution >= 0.6 is 46.3 Å². The van der Waals surface area contributed by atoms with Crippen molar-refractivity contribution in [2.24, 2.45) is 0 Å². The van der Waals surface area contributed by atoms with Crippen LogP contribution in [0.5, 0.6) is 16.8 Å². The standard InChI is InChI=1S/C13H14Cl3N5O6S2/c1-6-9(10(28-20-6)27-5-13(14,15)16)29(23,24)21-12(22)19-11-17-7(25-2)4-8(18-11)26-3/h4H,5H2,1-3H3,(H2,17,18,19,21,22). The molecule has 0 aliphatic carbocycles. The van der Waals surface area contributed by atoms with Crippen LogP contribution in [0.1, 0.15) is 5.69 Å². The number of alkyl halides is 3. The lowest BCUT2D eigenvalue weighted by atomic mass is 10.5. The van der Waals surface area contributed by atoms with E-state index in [4.69, 9.17) is 49.0 Å². The average molecular weight is 507 g/mol. The van der Waals surface area contributed by atoms with E-state index in [1.165, 1.54) is 27.2 Å². The van der Waals surface area contributed by atoms with E-state index in [1.54, 1.807) is 0 Å². The Bertz CT molecular complexity index is 973. The summed E-state index contributed by atoms with van der Waals surface area (Å²) in [5, 5.41) is 2.03. The fraction of sp³-hybridized carbons (Fsp3) is 0.385. The SMILES string of the molecule is COc1cc(OC)nc(NC(=O)NS(=O)(=O)c2c(C)nsc2OCC(Cl)(Cl)Cl)n1. The first-order chi connectivity index (χ1) is 13.4. The van der Waals surface area contributed by atoms with Gasteiger partial charge >= 0.3 is 6.03 Å². The number of carbonyl (C=O) groups excluding carboxylic acids is 1. The molecule has 160 valence electrons. The van der Waals surface area contributed by atoms with E-state index >= 15 is 0 Å². The van der Waals surface area contributed by atoms with E-state index in [0.717, 1.165) is 11.5 Å². The number of hydrogen-bond donors (Lipinski definition) is 2. The van der Waals surface area contributed by atoms with Gasteiger partial charge in [0.05, 0.1) is 26.0 Å². The number of sulfonamides is 1. The summed E-state index contributed by atoms with van der Waals surface area (Å²) in [6.45, 7) is 0.993. The van der Waals surface area contributed by atoms with Crippen molar-refractivity contribution in [1.82, 2.24) is 19.1 Å². The number of hydrogen-bond acceptors (Lipinski definition) is 10. The molecular formula is C13H14Cl3N5O6S2. The fourth-order valence-corrected chi connectivity index (χ4v) is 4.28. The van der Waals surface area contributed by atoms with Gasteiger partial charge in [-0.1, -0.05) is 34.8 Å². The lowest BCUT2D eigenvalue weighted by Gasteiger charge is -2.13. The van der Waals surface area contributed by atoms with Gasteiger partial charge in [0.2, 0.25) is 26.6 Å². The van der Waals surface area contributed by atoms with Gasteiger partial charge in [0.1, 0.15) is 6.61 Å². The van der Waals surface area contributed by atoms with Gasteiger partial charge in [-0.25, -0.2) is 17.9 Å². The van der Waals surface area contributed by atoms with E-state index in [9.17, 15) is 13.2 Å². The summed E-state index contributed by atoms with van der Waals surface area (Å²) in [6.07, 6.45) is 0. The normalized spacial score (nSPS) is 11.7.